The molecule has 0 bridgehead atoms. The molecule has 3 aliphatic rings. The molecule has 15 atom stereocenters. The lowest BCUT2D eigenvalue weighted by molar-refractivity contribution is -0.372. The molecule has 0 saturated carbocycles. The number of hydrogen-bond acceptors (Lipinski definition) is 17. The summed E-state index contributed by atoms with van der Waals surface area (Å²) < 4.78 is 32.6. The monoisotopic (exact) mass is 547 g/mol. The van der Waals surface area contributed by atoms with Crippen molar-refractivity contribution in [1.29, 1.82) is 0 Å². The summed E-state index contributed by atoms with van der Waals surface area (Å²) >= 11 is 0. The normalized spacial score (nSPS) is 49.2. The van der Waals surface area contributed by atoms with Gasteiger partial charge in [-0.2, -0.15) is 0 Å². The summed E-state index contributed by atoms with van der Waals surface area (Å²) in [5.74, 6) is 0. The van der Waals surface area contributed by atoms with Gasteiger partial charge in [-0.05, 0) is 0 Å². The molecule has 0 aromatic rings. The van der Waals surface area contributed by atoms with Crippen LogP contribution in [0.3, 0.4) is 0 Å². The molecule has 0 aliphatic carbocycles. The average Bonchev–Trinajstić information content (AvgIpc) is 2.89. The van der Waals surface area contributed by atoms with Crippen molar-refractivity contribution >= 4 is 0 Å². The van der Waals surface area contributed by atoms with E-state index in [1.54, 1.807) is 0 Å². The largest absolute Gasteiger partial charge is 0.394 e. The minimum atomic E-state index is -1.80. The summed E-state index contributed by atoms with van der Waals surface area (Å²) in [6, 6.07) is 0. The van der Waals surface area contributed by atoms with E-state index in [1.165, 1.54) is 0 Å². The van der Waals surface area contributed by atoms with E-state index in [0.29, 0.717) is 0 Å². The van der Waals surface area contributed by atoms with E-state index >= 15 is 0 Å². The zero-order valence-electron chi connectivity index (χ0n) is 19.7. The molecule has 0 spiro atoms. The molecule has 0 aromatic carbocycles. The summed E-state index contributed by atoms with van der Waals surface area (Å²) in [7, 11) is 0. The smallest absolute Gasteiger partial charge is 0.187 e. The summed E-state index contributed by atoms with van der Waals surface area (Å²) in [5, 5.41) is 100. The van der Waals surface area contributed by atoms with E-state index in [9.17, 15) is 51.1 Å². The van der Waals surface area contributed by atoms with Crippen LogP contribution in [0.25, 0.3) is 0 Å². The van der Waals surface area contributed by atoms with Gasteiger partial charge in [0.05, 0.1) is 26.4 Å². The SMILES string of the molecule is NCCO[C@H]1O[C@H](CO[C@H]2O[C@H](CO)[C@@H](O)[C@H](O)[C@@H]2O)[C@@H](O)[C@H](O)[C@@H]1O[C@H]1O[C@H](CO)[C@@H](O)[C@H](O)[C@@H]1O. The van der Waals surface area contributed by atoms with Gasteiger partial charge in [-0.3, -0.25) is 0 Å². The molecule has 3 aliphatic heterocycles. The van der Waals surface area contributed by atoms with E-state index in [-0.39, 0.29) is 13.2 Å². The van der Waals surface area contributed by atoms with Crippen molar-refractivity contribution in [3.05, 3.63) is 0 Å². The highest BCUT2D eigenvalue weighted by atomic mass is 16.8. The Morgan fingerprint density at radius 1 is 0.541 bits per heavy atom. The van der Waals surface area contributed by atoms with Crippen LogP contribution in [-0.2, 0) is 28.4 Å². The van der Waals surface area contributed by atoms with Gasteiger partial charge in [-0.1, -0.05) is 0 Å². The minimum absolute atomic E-state index is 0.0251. The van der Waals surface area contributed by atoms with Crippen LogP contribution in [0.4, 0.5) is 0 Å². The quantitative estimate of drug-likeness (QED) is 0.121. The van der Waals surface area contributed by atoms with Gasteiger partial charge in [0.15, 0.2) is 18.9 Å². The fraction of sp³-hybridized carbons (Fsp3) is 1.00. The first-order chi connectivity index (χ1) is 17.5. The Morgan fingerprint density at radius 3 is 1.57 bits per heavy atom. The number of rotatable bonds is 10. The maximum absolute atomic E-state index is 10.8. The van der Waals surface area contributed by atoms with E-state index in [4.69, 9.17) is 34.2 Å². The van der Waals surface area contributed by atoms with E-state index < -0.39 is 112 Å². The van der Waals surface area contributed by atoms with Gasteiger partial charge in [-0.25, -0.2) is 0 Å². The van der Waals surface area contributed by atoms with Gasteiger partial charge in [0.2, 0.25) is 0 Å². The van der Waals surface area contributed by atoms with Crippen molar-refractivity contribution in [3.8, 4) is 0 Å². The van der Waals surface area contributed by atoms with Crippen LogP contribution in [0, 0.1) is 0 Å². The molecule has 3 fully saturated rings. The van der Waals surface area contributed by atoms with Crippen molar-refractivity contribution in [3.63, 3.8) is 0 Å². The Balaban J connectivity index is 1.68. The predicted octanol–water partition coefficient (Wildman–Crippen LogP) is -7.59. The number of nitrogens with two attached hydrogens (primary N) is 1. The van der Waals surface area contributed by atoms with E-state index in [2.05, 4.69) is 0 Å². The van der Waals surface area contributed by atoms with Crippen LogP contribution >= 0.6 is 0 Å². The van der Waals surface area contributed by atoms with Gasteiger partial charge in [0.25, 0.3) is 0 Å². The fourth-order valence-corrected chi connectivity index (χ4v) is 4.24. The summed E-state index contributed by atoms with van der Waals surface area (Å²) in [5.41, 5.74) is 5.47. The molecule has 0 unspecified atom stereocenters. The highest BCUT2D eigenvalue weighted by Crippen LogP contribution is 2.30. The second-order valence-corrected chi connectivity index (χ2v) is 9.01. The van der Waals surface area contributed by atoms with Crippen LogP contribution in [0.2, 0.25) is 0 Å². The molecule has 0 aromatic heterocycles. The first-order valence-electron chi connectivity index (χ1n) is 11.8. The van der Waals surface area contributed by atoms with Crippen LogP contribution in [0.5, 0.6) is 0 Å². The molecular weight excluding hydrogens is 510 g/mol. The van der Waals surface area contributed by atoms with Gasteiger partial charge < -0.3 is 85.2 Å². The second kappa shape index (κ2) is 13.6. The van der Waals surface area contributed by atoms with Crippen molar-refractivity contribution in [2.24, 2.45) is 5.73 Å². The van der Waals surface area contributed by atoms with Crippen LogP contribution in [0.15, 0.2) is 0 Å². The molecule has 17 nitrogen and oxygen atoms in total. The molecule has 3 rings (SSSR count). The number of ether oxygens (including phenoxy) is 6. The van der Waals surface area contributed by atoms with Crippen molar-refractivity contribution in [1.82, 2.24) is 0 Å². The standard InChI is InChI=1S/C20H37NO16/c21-1-2-32-20-17(37-19-16(31)13(28)10(25)7(4-23)35-19)14(29)11(26)8(36-20)5-33-18-15(30)12(27)9(24)6(3-22)34-18/h6-20,22-31H,1-5,21H2/t6-,7-,8-,9-,10-,11-,12+,13+,14+,15+,16+,17+,18+,19-,20+/m1/s1. The van der Waals surface area contributed by atoms with Gasteiger partial charge in [0.1, 0.15) is 73.2 Å². The molecular formula is C20H37NO16. The van der Waals surface area contributed by atoms with Crippen LogP contribution in [0.1, 0.15) is 0 Å². The van der Waals surface area contributed by atoms with Gasteiger partial charge in [-0.15, -0.1) is 0 Å². The molecule has 218 valence electrons. The number of aliphatic hydroxyl groups excluding tert-OH is 10. The maximum atomic E-state index is 10.8. The topological polar surface area (TPSA) is 284 Å². The lowest BCUT2D eigenvalue weighted by atomic mass is 9.97. The molecule has 17 heteroatoms. The molecule has 0 amide bonds. The van der Waals surface area contributed by atoms with Crippen LogP contribution in [-0.4, -0.2) is 176 Å². The minimum Gasteiger partial charge on any atom is -0.394 e. The zero-order chi connectivity index (χ0) is 27.4. The number of aliphatic hydroxyl groups is 10. The lowest BCUT2D eigenvalue weighted by Crippen LogP contribution is -2.65. The van der Waals surface area contributed by atoms with Gasteiger partial charge >= 0.3 is 0 Å². The molecule has 37 heavy (non-hydrogen) atoms. The van der Waals surface area contributed by atoms with Crippen molar-refractivity contribution in [2.75, 3.05) is 33.0 Å². The summed E-state index contributed by atoms with van der Waals surface area (Å²) in [6.45, 7) is -2.00. The molecule has 0 radical (unpaired) electrons. The summed E-state index contributed by atoms with van der Waals surface area (Å²) in [6.07, 6.45) is -23.7. The Morgan fingerprint density at radius 2 is 1.03 bits per heavy atom. The Hall–Kier alpha value is -0.680. The Bertz CT molecular complexity index is 687. The number of hydrogen-bond donors (Lipinski definition) is 11. The molecule has 3 saturated heterocycles. The van der Waals surface area contributed by atoms with Crippen LogP contribution < -0.4 is 5.73 Å². The van der Waals surface area contributed by atoms with E-state index in [1.807, 2.05) is 0 Å². The fourth-order valence-electron chi connectivity index (χ4n) is 4.24. The highest BCUT2D eigenvalue weighted by Gasteiger charge is 2.51. The predicted molar refractivity (Wildman–Crippen MR) is 114 cm³/mol. The maximum Gasteiger partial charge on any atom is 0.187 e. The third-order valence-corrected chi connectivity index (χ3v) is 6.46. The zero-order valence-corrected chi connectivity index (χ0v) is 19.7. The average molecular weight is 548 g/mol. The van der Waals surface area contributed by atoms with Gasteiger partial charge in [0, 0.05) is 6.54 Å². The third kappa shape index (κ3) is 6.73. The van der Waals surface area contributed by atoms with Crippen molar-refractivity contribution < 1.29 is 79.5 Å². The second-order valence-electron chi connectivity index (χ2n) is 9.01. The summed E-state index contributed by atoms with van der Waals surface area (Å²) in [4.78, 5) is 0. The molecule has 12 N–H and O–H groups in total. The molecule has 3 heterocycles. The first-order valence-corrected chi connectivity index (χ1v) is 11.8. The third-order valence-electron chi connectivity index (χ3n) is 6.46. The first kappa shape index (κ1) is 30.9. The Labute approximate surface area is 211 Å². The highest BCUT2D eigenvalue weighted by molar-refractivity contribution is 4.94. The van der Waals surface area contributed by atoms with Crippen molar-refractivity contribution in [2.45, 2.75) is 92.1 Å². The van der Waals surface area contributed by atoms with E-state index in [0.717, 1.165) is 0 Å². The lowest BCUT2D eigenvalue weighted by Gasteiger charge is -2.46. The Kier molecular flexibility index (Phi) is 11.3.